The average molecular weight is 337 g/mol. The monoisotopic (exact) mass is 337 g/mol. The highest BCUT2D eigenvalue weighted by atomic mass is 19.1. The second-order valence-electron chi connectivity index (χ2n) is 6.73. The number of likely N-dealkylation sites (N-methyl/N-ethyl adjacent to an activating group) is 1. The van der Waals surface area contributed by atoms with Crippen LogP contribution in [0.3, 0.4) is 0 Å². The van der Waals surface area contributed by atoms with E-state index >= 15 is 0 Å². The molecule has 1 N–H and O–H groups in total. The van der Waals surface area contributed by atoms with Crippen molar-refractivity contribution in [2.45, 2.75) is 25.3 Å². The summed E-state index contributed by atoms with van der Waals surface area (Å²) < 4.78 is 13.2. The van der Waals surface area contributed by atoms with Gasteiger partial charge in [-0.1, -0.05) is 12.1 Å². The minimum atomic E-state index is -0.251. The van der Waals surface area contributed by atoms with Crippen LogP contribution in [-0.2, 0) is 11.2 Å². The molecule has 2 aromatic heterocycles. The van der Waals surface area contributed by atoms with Gasteiger partial charge in [0, 0.05) is 24.8 Å². The fourth-order valence-corrected chi connectivity index (χ4v) is 3.49. The molecule has 0 saturated heterocycles. The fourth-order valence-electron chi connectivity index (χ4n) is 3.49. The highest BCUT2D eigenvalue weighted by Gasteiger charge is 2.36. The number of aromatic nitrogens is 2. The van der Waals surface area contributed by atoms with Crippen LogP contribution >= 0.6 is 0 Å². The van der Waals surface area contributed by atoms with Crippen LogP contribution in [0.4, 0.5) is 4.39 Å². The third-order valence-electron chi connectivity index (χ3n) is 4.97. The predicted molar refractivity (Wildman–Crippen MR) is 94.4 cm³/mol. The second-order valence-corrected chi connectivity index (χ2v) is 6.73. The van der Waals surface area contributed by atoms with Gasteiger partial charge in [0.25, 0.3) is 0 Å². The molecule has 128 valence electrons. The number of H-pyrrole nitrogens is 1. The van der Waals surface area contributed by atoms with Crippen molar-refractivity contribution in [1.82, 2.24) is 14.9 Å². The van der Waals surface area contributed by atoms with E-state index in [0.29, 0.717) is 12.3 Å². The first-order valence-corrected chi connectivity index (χ1v) is 8.55. The molecule has 2 heterocycles. The fraction of sp³-hybridized carbons (Fsp3) is 0.300. The molecule has 1 amide bonds. The van der Waals surface area contributed by atoms with Crippen LogP contribution in [-0.4, -0.2) is 27.8 Å². The number of nitrogens with one attached hydrogen (secondary N) is 1. The van der Waals surface area contributed by atoms with Crippen LogP contribution in [0.5, 0.6) is 0 Å². The Morgan fingerprint density at radius 3 is 2.80 bits per heavy atom. The maximum Gasteiger partial charge on any atom is 0.227 e. The van der Waals surface area contributed by atoms with E-state index in [9.17, 15) is 9.18 Å². The standard InChI is InChI=1S/C20H20FN3O/c1-24(19(13-4-5-13)14-6-8-16(21)9-7-14)18(25)11-15-12-23-20-17(15)3-2-10-22-20/h2-3,6-10,12-13,19H,4-5,11H2,1H3,(H,22,23)/t19-/m1/s1. The maximum atomic E-state index is 13.2. The predicted octanol–water partition coefficient (Wildman–Crippen LogP) is 3.85. The summed E-state index contributed by atoms with van der Waals surface area (Å²) in [5.41, 5.74) is 2.75. The highest BCUT2D eigenvalue weighted by molar-refractivity contribution is 5.87. The van der Waals surface area contributed by atoms with E-state index in [1.54, 1.807) is 18.3 Å². The molecule has 1 aliphatic rings. The number of pyridine rings is 1. The van der Waals surface area contributed by atoms with Crippen molar-refractivity contribution < 1.29 is 9.18 Å². The van der Waals surface area contributed by atoms with Gasteiger partial charge in [-0.25, -0.2) is 9.37 Å². The molecular weight excluding hydrogens is 317 g/mol. The van der Waals surface area contributed by atoms with Crippen molar-refractivity contribution in [1.29, 1.82) is 0 Å². The van der Waals surface area contributed by atoms with E-state index in [0.717, 1.165) is 35.0 Å². The SMILES string of the molecule is CN(C(=O)Cc1c[nH]c2ncccc12)[C@@H](c1ccc(F)cc1)C1CC1. The zero-order valence-electron chi connectivity index (χ0n) is 14.1. The van der Waals surface area contributed by atoms with E-state index in [1.807, 2.05) is 30.3 Å². The van der Waals surface area contributed by atoms with Crippen molar-refractivity contribution in [3.63, 3.8) is 0 Å². The Balaban J connectivity index is 1.56. The van der Waals surface area contributed by atoms with Gasteiger partial charge in [-0.05, 0) is 54.2 Å². The molecule has 1 saturated carbocycles. The van der Waals surface area contributed by atoms with Crippen LogP contribution in [0, 0.1) is 11.7 Å². The molecule has 4 rings (SSSR count). The molecule has 1 aromatic carbocycles. The Morgan fingerprint density at radius 2 is 2.08 bits per heavy atom. The molecule has 1 fully saturated rings. The van der Waals surface area contributed by atoms with E-state index < -0.39 is 0 Å². The van der Waals surface area contributed by atoms with Gasteiger partial charge in [0.05, 0.1) is 12.5 Å². The lowest BCUT2D eigenvalue weighted by molar-refractivity contribution is -0.131. The lowest BCUT2D eigenvalue weighted by Crippen LogP contribution is -2.33. The number of hydrogen-bond donors (Lipinski definition) is 1. The van der Waals surface area contributed by atoms with Gasteiger partial charge in [0.1, 0.15) is 11.5 Å². The van der Waals surface area contributed by atoms with Gasteiger partial charge in [-0.15, -0.1) is 0 Å². The van der Waals surface area contributed by atoms with E-state index in [-0.39, 0.29) is 17.8 Å². The Morgan fingerprint density at radius 1 is 1.32 bits per heavy atom. The topological polar surface area (TPSA) is 49.0 Å². The summed E-state index contributed by atoms with van der Waals surface area (Å²) in [6.07, 6.45) is 6.13. The van der Waals surface area contributed by atoms with E-state index in [1.165, 1.54) is 12.1 Å². The Hall–Kier alpha value is -2.69. The summed E-state index contributed by atoms with van der Waals surface area (Å²) in [6.45, 7) is 0. The Labute approximate surface area is 145 Å². The molecule has 1 atom stereocenters. The summed E-state index contributed by atoms with van der Waals surface area (Å²) in [4.78, 5) is 22.1. The molecule has 3 aromatic rings. The number of rotatable bonds is 5. The summed E-state index contributed by atoms with van der Waals surface area (Å²) in [5, 5.41) is 0.981. The van der Waals surface area contributed by atoms with Gasteiger partial charge in [-0.3, -0.25) is 4.79 Å². The Bertz CT molecular complexity index is 899. The number of hydrogen-bond acceptors (Lipinski definition) is 2. The zero-order chi connectivity index (χ0) is 17.4. The van der Waals surface area contributed by atoms with Crippen molar-refractivity contribution in [2.75, 3.05) is 7.05 Å². The molecule has 0 bridgehead atoms. The molecule has 0 aliphatic heterocycles. The quantitative estimate of drug-likeness (QED) is 0.769. The van der Waals surface area contributed by atoms with Crippen molar-refractivity contribution in [3.8, 4) is 0 Å². The third-order valence-corrected chi connectivity index (χ3v) is 4.97. The van der Waals surface area contributed by atoms with Crippen molar-refractivity contribution in [2.24, 2.45) is 5.92 Å². The maximum absolute atomic E-state index is 13.2. The number of aromatic amines is 1. The largest absolute Gasteiger partial charge is 0.346 e. The summed E-state index contributed by atoms with van der Waals surface area (Å²) in [5.74, 6) is 0.272. The highest BCUT2D eigenvalue weighted by Crippen LogP contribution is 2.44. The van der Waals surface area contributed by atoms with Gasteiger partial charge in [0.15, 0.2) is 0 Å². The van der Waals surface area contributed by atoms with Crippen LogP contribution < -0.4 is 0 Å². The summed E-state index contributed by atoms with van der Waals surface area (Å²) in [7, 11) is 1.85. The minimum absolute atomic E-state index is 0.0106. The number of nitrogens with zero attached hydrogens (tertiary/aromatic N) is 2. The number of halogens is 1. The van der Waals surface area contributed by atoms with Crippen LogP contribution in [0.25, 0.3) is 11.0 Å². The lowest BCUT2D eigenvalue weighted by Gasteiger charge is -2.29. The number of benzene rings is 1. The number of carbonyl (C=O) groups excluding carboxylic acids is 1. The van der Waals surface area contributed by atoms with Gasteiger partial charge in [-0.2, -0.15) is 0 Å². The van der Waals surface area contributed by atoms with Crippen molar-refractivity contribution in [3.05, 3.63) is 65.7 Å². The van der Waals surface area contributed by atoms with E-state index in [2.05, 4.69) is 9.97 Å². The van der Waals surface area contributed by atoms with Crippen LogP contribution in [0.15, 0.2) is 48.8 Å². The first-order valence-electron chi connectivity index (χ1n) is 8.55. The molecule has 5 heteroatoms. The number of carbonyl (C=O) groups is 1. The molecule has 1 aliphatic carbocycles. The summed E-state index contributed by atoms with van der Waals surface area (Å²) >= 11 is 0. The van der Waals surface area contributed by atoms with E-state index in [4.69, 9.17) is 0 Å². The Kier molecular flexibility index (Phi) is 3.99. The van der Waals surface area contributed by atoms with Gasteiger partial charge in [0.2, 0.25) is 5.91 Å². The molecule has 0 unspecified atom stereocenters. The zero-order valence-corrected chi connectivity index (χ0v) is 14.1. The normalized spacial score (nSPS) is 15.3. The second kappa shape index (κ2) is 6.31. The average Bonchev–Trinajstić information content (AvgIpc) is 3.38. The number of amides is 1. The smallest absolute Gasteiger partial charge is 0.227 e. The van der Waals surface area contributed by atoms with Crippen LogP contribution in [0.2, 0.25) is 0 Å². The first-order chi connectivity index (χ1) is 12.1. The minimum Gasteiger partial charge on any atom is -0.346 e. The third kappa shape index (κ3) is 3.14. The molecule has 25 heavy (non-hydrogen) atoms. The van der Waals surface area contributed by atoms with Crippen LogP contribution in [0.1, 0.15) is 30.0 Å². The van der Waals surface area contributed by atoms with Gasteiger partial charge < -0.3 is 9.88 Å². The molecular formula is C20H20FN3O. The molecule has 4 nitrogen and oxygen atoms in total. The first kappa shape index (κ1) is 15.8. The van der Waals surface area contributed by atoms with Gasteiger partial charge >= 0.3 is 0 Å². The molecule has 0 spiro atoms. The number of fused-ring (bicyclic) bond motifs is 1. The summed E-state index contributed by atoms with van der Waals surface area (Å²) in [6, 6.07) is 10.4. The molecule has 0 radical (unpaired) electrons. The van der Waals surface area contributed by atoms with Crippen molar-refractivity contribution >= 4 is 16.9 Å². The lowest BCUT2D eigenvalue weighted by atomic mass is 10.00.